The van der Waals surface area contributed by atoms with Gasteiger partial charge in [0.15, 0.2) is 0 Å². The van der Waals surface area contributed by atoms with Gasteiger partial charge >= 0.3 is 0 Å². The number of amides is 2. The van der Waals surface area contributed by atoms with E-state index in [9.17, 15) is 9.59 Å². The number of ether oxygens (including phenoxy) is 2. The Bertz CT molecular complexity index is 561. The number of unbranched alkanes of at least 4 members (excludes halogenated alkanes) is 3. The molecule has 2 saturated heterocycles. The van der Waals surface area contributed by atoms with Gasteiger partial charge in [-0.05, 0) is 115 Å². The highest BCUT2D eigenvalue weighted by Crippen LogP contribution is 2.20. The van der Waals surface area contributed by atoms with E-state index in [1.165, 1.54) is 45.2 Å². The fraction of sp³-hybridized carbons (Fsp3) is 0.926. The first-order valence-corrected chi connectivity index (χ1v) is 14.1. The third kappa shape index (κ3) is 14.8. The van der Waals surface area contributed by atoms with Gasteiger partial charge in [0.05, 0.1) is 0 Å². The van der Waals surface area contributed by atoms with E-state index in [2.05, 4.69) is 27.4 Å². The van der Waals surface area contributed by atoms with Gasteiger partial charge in [-0.1, -0.05) is 6.92 Å². The molecule has 0 spiro atoms. The number of likely N-dealkylation sites (tertiary alicyclic amines) is 2. The lowest BCUT2D eigenvalue weighted by Crippen LogP contribution is -2.36. The van der Waals surface area contributed by atoms with E-state index in [-0.39, 0.29) is 25.0 Å². The largest absolute Gasteiger partial charge is 0.372 e. The quantitative estimate of drug-likeness (QED) is 0.284. The van der Waals surface area contributed by atoms with Crippen LogP contribution in [0.4, 0.5) is 0 Å². The fourth-order valence-electron chi connectivity index (χ4n) is 4.91. The van der Waals surface area contributed by atoms with E-state index < -0.39 is 0 Å². The van der Waals surface area contributed by atoms with Crippen molar-refractivity contribution in [2.24, 2.45) is 11.8 Å². The van der Waals surface area contributed by atoms with E-state index in [4.69, 9.17) is 9.47 Å². The fourth-order valence-corrected chi connectivity index (χ4v) is 4.91. The summed E-state index contributed by atoms with van der Waals surface area (Å²) >= 11 is 0. The standard InChI is InChI=1S/C27H52N4O4/c1-24-9-16-30(17-10-24)15-5-7-21-35-23-27(33)29-13-8-25-11-18-31(19-12-25)14-4-3-6-20-34-22-26(32)28-2/h24-25H,3-23H2,1-2H3,(H,28,32)(H,29,33). The third-order valence-electron chi connectivity index (χ3n) is 7.48. The first-order chi connectivity index (χ1) is 17.1. The molecule has 0 saturated carbocycles. The van der Waals surface area contributed by atoms with Gasteiger partial charge in [-0.3, -0.25) is 9.59 Å². The van der Waals surface area contributed by atoms with E-state index in [1.807, 2.05) is 0 Å². The molecule has 0 aliphatic carbocycles. The molecule has 8 heteroatoms. The van der Waals surface area contributed by atoms with E-state index >= 15 is 0 Å². The van der Waals surface area contributed by atoms with Crippen LogP contribution in [0, 0.1) is 11.8 Å². The van der Waals surface area contributed by atoms with Gasteiger partial charge in [0.1, 0.15) is 13.2 Å². The van der Waals surface area contributed by atoms with Gasteiger partial charge < -0.3 is 29.9 Å². The zero-order valence-electron chi connectivity index (χ0n) is 22.5. The van der Waals surface area contributed by atoms with Crippen molar-refractivity contribution in [1.29, 1.82) is 0 Å². The summed E-state index contributed by atoms with van der Waals surface area (Å²) in [6.07, 6.45) is 11.7. The van der Waals surface area contributed by atoms with Gasteiger partial charge in [0.25, 0.3) is 0 Å². The molecule has 2 N–H and O–H groups in total. The number of hydrogen-bond acceptors (Lipinski definition) is 6. The molecule has 2 fully saturated rings. The van der Waals surface area contributed by atoms with Gasteiger partial charge in [-0.15, -0.1) is 0 Å². The van der Waals surface area contributed by atoms with Crippen molar-refractivity contribution in [2.75, 3.05) is 79.3 Å². The molecule has 2 amide bonds. The zero-order chi connectivity index (χ0) is 25.1. The Morgan fingerprint density at radius 3 is 1.94 bits per heavy atom. The van der Waals surface area contributed by atoms with Crippen LogP contribution >= 0.6 is 0 Å². The Kier molecular flexibility index (Phi) is 16.3. The van der Waals surface area contributed by atoms with Crippen molar-refractivity contribution in [3.63, 3.8) is 0 Å². The van der Waals surface area contributed by atoms with Crippen LogP contribution < -0.4 is 10.6 Å². The Labute approximate surface area is 213 Å². The minimum atomic E-state index is -0.0654. The molecule has 0 unspecified atom stereocenters. The van der Waals surface area contributed by atoms with E-state index in [1.54, 1.807) is 7.05 Å². The minimum absolute atomic E-state index is 0.0201. The molecule has 0 aromatic carbocycles. The van der Waals surface area contributed by atoms with Crippen molar-refractivity contribution in [2.45, 2.75) is 71.1 Å². The maximum Gasteiger partial charge on any atom is 0.245 e. The molecule has 0 bridgehead atoms. The Balaban J connectivity index is 1.34. The van der Waals surface area contributed by atoms with Gasteiger partial charge in [-0.25, -0.2) is 0 Å². The molecule has 2 aliphatic heterocycles. The molecule has 0 atom stereocenters. The van der Waals surface area contributed by atoms with E-state index in [0.717, 1.165) is 70.7 Å². The summed E-state index contributed by atoms with van der Waals surface area (Å²) in [5, 5.41) is 5.59. The van der Waals surface area contributed by atoms with Gasteiger partial charge in [0.2, 0.25) is 11.8 Å². The molecule has 8 nitrogen and oxygen atoms in total. The number of nitrogens with zero attached hydrogens (tertiary/aromatic N) is 2. The van der Waals surface area contributed by atoms with Crippen LogP contribution in [0.2, 0.25) is 0 Å². The molecular weight excluding hydrogens is 444 g/mol. The summed E-state index contributed by atoms with van der Waals surface area (Å²) in [5.74, 6) is 1.55. The van der Waals surface area contributed by atoms with Gasteiger partial charge in [-0.2, -0.15) is 0 Å². The van der Waals surface area contributed by atoms with Gasteiger partial charge in [0, 0.05) is 26.8 Å². The molecule has 0 aromatic rings. The smallest absolute Gasteiger partial charge is 0.245 e. The molecule has 2 aliphatic rings. The number of nitrogens with one attached hydrogen (secondary N) is 2. The van der Waals surface area contributed by atoms with Crippen molar-refractivity contribution in [3.05, 3.63) is 0 Å². The second-order valence-electron chi connectivity index (χ2n) is 10.5. The van der Waals surface area contributed by atoms with Crippen LogP contribution in [-0.2, 0) is 19.1 Å². The van der Waals surface area contributed by atoms with Crippen LogP contribution in [0.5, 0.6) is 0 Å². The Morgan fingerprint density at radius 1 is 0.771 bits per heavy atom. The normalized spacial score (nSPS) is 18.6. The zero-order valence-corrected chi connectivity index (χ0v) is 22.5. The summed E-state index contributed by atoms with van der Waals surface area (Å²) in [7, 11) is 1.63. The maximum absolute atomic E-state index is 12.0. The summed E-state index contributed by atoms with van der Waals surface area (Å²) in [6.45, 7) is 11.9. The lowest BCUT2D eigenvalue weighted by Gasteiger charge is -2.32. The van der Waals surface area contributed by atoms with Crippen molar-refractivity contribution in [3.8, 4) is 0 Å². The third-order valence-corrected chi connectivity index (χ3v) is 7.48. The summed E-state index contributed by atoms with van der Waals surface area (Å²) in [4.78, 5) is 28.2. The highest BCUT2D eigenvalue weighted by atomic mass is 16.5. The predicted octanol–water partition coefficient (Wildman–Crippen LogP) is 2.67. The number of carbonyl (C=O) groups is 2. The molecule has 204 valence electrons. The highest BCUT2D eigenvalue weighted by Gasteiger charge is 2.19. The highest BCUT2D eigenvalue weighted by molar-refractivity contribution is 5.77. The summed E-state index contributed by atoms with van der Waals surface area (Å²) in [6, 6.07) is 0. The molecule has 0 aromatic heterocycles. The predicted molar refractivity (Wildman–Crippen MR) is 140 cm³/mol. The molecule has 2 rings (SSSR count). The monoisotopic (exact) mass is 496 g/mol. The second kappa shape index (κ2) is 19.0. The van der Waals surface area contributed by atoms with Crippen molar-refractivity contribution in [1.82, 2.24) is 20.4 Å². The lowest BCUT2D eigenvalue weighted by molar-refractivity contribution is -0.126. The van der Waals surface area contributed by atoms with Crippen LogP contribution in [0.1, 0.15) is 71.1 Å². The summed E-state index contributed by atoms with van der Waals surface area (Å²) < 4.78 is 10.9. The minimum Gasteiger partial charge on any atom is -0.372 e. The van der Waals surface area contributed by atoms with Crippen molar-refractivity contribution < 1.29 is 19.1 Å². The van der Waals surface area contributed by atoms with Crippen LogP contribution in [0.15, 0.2) is 0 Å². The number of likely N-dealkylation sites (N-methyl/N-ethyl adjacent to an activating group) is 1. The number of rotatable bonds is 18. The maximum atomic E-state index is 12.0. The average molecular weight is 497 g/mol. The summed E-state index contributed by atoms with van der Waals surface area (Å²) in [5.41, 5.74) is 0. The van der Waals surface area contributed by atoms with E-state index in [0.29, 0.717) is 19.1 Å². The van der Waals surface area contributed by atoms with Crippen LogP contribution in [-0.4, -0.2) is 101 Å². The molecule has 2 heterocycles. The first-order valence-electron chi connectivity index (χ1n) is 14.1. The average Bonchev–Trinajstić information content (AvgIpc) is 2.87. The van der Waals surface area contributed by atoms with Crippen molar-refractivity contribution >= 4 is 11.8 Å². The molecular formula is C27H52N4O4. The number of hydrogen-bond donors (Lipinski definition) is 2. The first kappa shape index (κ1) is 30.0. The lowest BCUT2D eigenvalue weighted by atomic mass is 9.93. The SMILES string of the molecule is CNC(=O)COCCCCCN1CCC(CCNC(=O)COCCCCN2CCC(C)CC2)CC1. The number of carbonyl (C=O) groups excluding carboxylic acids is 2. The van der Waals surface area contributed by atoms with Crippen LogP contribution in [0.25, 0.3) is 0 Å². The topological polar surface area (TPSA) is 83.1 Å². The second-order valence-corrected chi connectivity index (χ2v) is 10.5. The molecule has 0 radical (unpaired) electrons. The Hall–Kier alpha value is -1.22. The van der Waals surface area contributed by atoms with Crippen LogP contribution in [0.3, 0.4) is 0 Å². The number of piperidine rings is 2. The molecule has 35 heavy (non-hydrogen) atoms. The Morgan fingerprint density at radius 2 is 1.31 bits per heavy atom.